The molecule has 1 N–H and O–H groups in total. The van der Waals surface area contributed by atoms with Gasteiger partial charge in [-0.15, -0.1) is 0 Å². The fourth-order valence-electron chi connectivity index (χ4n) is 5.04. The minimum absolute atomic E-state index is 0.00437. The van der Waals surface area contributed by atoms with Gasteiger partial charge in [-0.25, -0.2) is 0 Å². The molecule has 0 spiro atoms. The second-order valence-corrected chi connectivity index (χ2v) is 9.29. The zero-order valence-corrected chi connectivity index (χ0v) is 20.8. The second kappa shape index (κ2) is 10.3. The second-order valence-electron chi connectivity index (χ2n) is 8.48. The number of fused-ring (bicyclic) bond motifs is 1. The van der Waals surface area contributed by atoms with Crippen molar-refractivity contribution in [1.29, 1.82) is 0 Å². The Morgan fingerprint density at radius 2 is 1.94 bits per heavy atom. The summed E-state index contributed by atoms with van der Waals surface area (Å²) >= 11 is 12.4. The van der Waals surface area contributed by atoms with Crippen molar-refractivity contribution in [2.75, 3.05) is 13.6 Å². The highest BCUT2D eigenvalue weighted by atomic mass is 35.5. The van der Waals surface area contributed by atoms with Crippen molar-refractivity contribution in [1.82, 2.24) is 20.0 Å². The number of hydrogen-bond donors (Lipinski definition) is 1. The fraction of sp³-hybridized carbons (Fsp3) is 0.385. The summed E-state index contributed by atoms with van der Waals surface area (Å²) in [5.41, 5.74) is 5.72. The summed E-state index contributed by atoms with van der Waals surface area (Å²) < 4.78 is 2.12. The number of benzene rings is 2. The zero-order valence-electron chi connectivity index (χ0n) is 19.3. The summed E-state index contributed by atoms with van der Waals surface area (Å²) in [7, 11) is 1.71. The summed E-state index contributed by atoms with van der Waals surface area (Å²) in [6, 6.07) is 15.5. The van der Waals surface area contributed by atoms with E-state index in [1.807, 2.05) is 48.5 Å². The van der Waals surface area contributed by atoms with Gasteiger partial charge in [0.05, 0.1) is 15.7 Å². The van der Waals surface area contributed by atoms with Crippen LogP contribution in [0, 0.1) is 6.92 Å². The van der Waals surface area contributed by atoms with E-state index in [1.165, 1.54) is 11.3 Å². The van der Waals surface area contributed by atoms with Gasteiger partial charge in [-0.3, -0.25) is 14.4 Å². The van der Waals surface area contributed by atoms with Crippen LogP contribution < -0.4 is 5.32 Å². The van der Waals surface area contributed by atoms with Crippen LogP contribution in [0.25, 0.3) is 0 Å². The number of aryl methyl sites for hydroxylation is 3. The lowest BCUT2D eigenvalue weighted by molar-refractivity contribution is -0.127. The van der Waals surface area contributed by atoms with Gasteiger partial charge in [0, 0.05) is 43.9 Å². The number of nitrogens with zero attached hydrogens (tertiary/aromatic N) is 3. The maximum Gasteiger partial charge on any atom is 0.241 e. The lowest BCUT2D eigenvalue weighted by Gasteiger charge is -2.41. The molecule has 0 radical (unpaired) electrons. The van der Waals surface area contributed by atoms with Crippen molar-refractivity contribution in [2.45, 2.75) is 51.7 Å². The molecule has 5 nitrogen and oxygen atoms in total. The van der Waals surface area contributed by atoms with Gasteiger partial charge in [0.25, 0.3) is 0 Å². The van der Waals surface area contributed by atoms with Gasteiger partial charge in [-0.2, -0.15) is 5.10 Å². The molecule has 2 aromatic carbocycles. The van der Waals surface area contributed by atoms with Gasteiger partial charge in [0.1, 0.15) is 6.04 Å². The maximum absolute atomic E-state index is 13.2. The van der Waals surface area contributed by atoms with E-state index < -0.39 is 0 Å². The number of carbonyl (C=O) groups excluding carboxylic acids is 1. The first kappa shape index (κ1) is 23.8. The molecule has 0 aliphatic carbocycles. The van der Waals surface area contributed by atoms with Crippen molar-refractivity contribution in [3.8, 4) is 0 Å². The molecular formula is C26H30Cl2N4O. The van der Waals surface area contributed by atoms with E-state index in [1.54, 1.807) is 7.05 Å². The lowest BCUT2D eigenvalue weighted by Crippen LogP contribution is -2.45. The highest BCUT2D eigenvalue weighted by Gasteiger charge is 2.39. The Balaban J connectivity index is 1.74. The smallest absolute Gasteiger partial charge is 0.241 e. The molecule has 3 aromatic rings. The minimum atomic E-state index is -0.368. The monoisotopic (exact) mass is 484 g/mol. The third kappa shape index (κ3) is 4.81. The molecule has 2 heterocycles. The van der Waals surface area contributed by atoms with Crippen LogP contribution >= 0.6 is 23.2 Å². The average molecular weight is 485 g/mol. The first-order valence-corrected chi connectivity index (χ1v) is 12.2. The predicted octanol–water partition coefficient (Wildman–Crippen LogP) is 5.54. The van der Waals surface area contributed by atoms with E-state index in [0.29, 0.717) is 10.0 Å². The van der Waals surface area contributed by atoms with Gasteiger partial charge in [-0.05, 0) is 49.9 Å². The summed E-state index contributed by atoms with van der Waals surface area (Å²) in [6.07, 6.45) is 2.54. The molecule has 0 saturated carbocycles. The molecule has 174 valence electrons. The first-order chi connectivity index (χ1) is 15.9. The molecule has 0 unspecified atom stereocenters. The van der Waals surface area contributed by atoms with Gasteiger partial charge in [-0.1, -0.05) is 59.6 Å². The number of aromatic nitrogens is 2. The van der Waals surface area contributed by atoms with E-state index in [-0.39, 0.29) is 18.0 Å². The van der Waals surface area contributed by atoms with Crippen LogP contribution in [0.5, 0.6) is 0 Å². The first-order valence-electron chi connectivity index (χ1n) is 11.5. The van der Waals surface area contributed by atoms with E-state index in [0.717, 1.165) is 49.2 Å². The van der Waals surface area contributed by atoms with Crippen LogP contribution in [0.15, 0.2) is 48.5 Å². The molecule has 33 heavy (non-hydrogen) atoms. The van der Waals surface area contributed by atoms with Gasteiger partial charge < -0.3 is 5.32 Å². The van der Waals surface area contributed by atoms with Crippen LogP contribution in [-0.4, -0.2) is 34.2 Å². The SMILES string of the molecule is CCn1nc(C)c2c1CCN([C@@H](C(=O)NC)c1ccccc1)[C@H]2CCc1ccc(Cl)c(Cl)c1. The zero-order chi connectivity index (χ0) is 23.5. The largest absolute Gasteiger partial charge is 0.358 e. The van der Waals surface area contributed by atoms with Crippen molar-refractivity contribution in [2.24, 2.45) is 0 Å². The molecule has 1 aliphatic rings. The van der Waals surface area contributed by atoms with Gasteiger partial charge >= 0.3 is 0 Å². The summed E-state index contributed by atoms with van der Waals surface area (Å²) in [4.78, 5) is 15.5. The predicted molar refractivity (Wildman–Crippen MR) is 134 cm³/mol. The standard InChI is InChI=1S/C26H30Cl2N4O/c1-4-32-23-14-15-31(25(26(33)29-3)19-8-6-5-7-9-19)22(24(23)17(2)30-32)13-11-18-10-12-20(27)21(28)16-18/h5-10,12,16,22,25H,4,11,13-15H2,1-3H3,(H,29,33)/t22-,25+/m0/s1. The van der Waals surface area contributed by atoms with Gasteiger partial charge in [0.15, 0.2) is 0 Å². The van der Waals surface area contributed by atoms with Crippen LogP contribution in [-0.2, 0) is 24.2 Å². The molecule has 4 rings (SSSR count). The third-order valence-electron chi connectivity index (χ3n) is 6.56. The summed E-state index contributed by atoms with van der Waals surface area (Å²) in [5.74, 6) is 0.00437. The Morgan fingerprint density at radius 1 is 1.18 bits per heavy atom. The van der Waals surface area contributed by atoms with Crippen LogP contribution in [0.3, 0.4) is 0 Å². The number of halogens is 2. The molecule has 1 aliphatic heterocycles. The lowest BCUT2D eigenvalue weighted by atomic mass is 9.88. The van der Waals surface area contributed by atoms with Crippen LogP contribution in [0.4, 0.5) is 0 Å². The number of hydrogen-bond acceptors (Lipinski definition) is 3. The Kier molecular flexibility index (Phi) is 7.42. The molecule has 0 bridgehead atoms. The average Bonchev–Trinajstić information content (AvgIpc) is 3.16. The highest BCUT2D eigenvalue weighted by molar-refractivity contribution is 6.42. The Bertz CT molecular complexity index is 1130. The van der Waals surface area contributed by atoms with E-state index >= 15 is 0 Å². The molecule has 2 atom stereocenters. The molecule has 0 fully saturated rings. The van der Waals surface area contributed by atoms with Crippen molar-refractivity contribution >= 4 is 29.1 Å². The number of carbonyl (C=O) groups is 1. The van der Waals surface area contributed by atoms with Crippen molar-refractivity contribution < 1.29 is 4.79 Å². The topological polar surface area (TPSA) is 50.2 Å². The number of nitrogens with one attached hydrogen (secondary N) is 1. The fourth-order valence-corrected chi connectivity index (χ4v) is 5.36. The molecule has 1 amide bonds. The Labute approximate surface area is 205 Å². The molecule has 1 aromatic heterocycles. The van der Waals surface area contributed by atoms with Crippen LogP contribution in [0.1, 0.15) is 53.5 Å². The van der Waals surface area contributed by atoms with E-state index in [9.17, 15) is 4.79 Å². The van der Waals surface area contributed by atoms with Gasteiger partial charge in [0.2, 0.25) is 5.91 Å². The maximum atomic E-state index is 13.2. The molecule has 7 heteroatoms. The Morgan fingerprint density at radius 3 is 2.61 bits per heavy atom. The third-order valence-corrected chi connectivity index (χ3v) is 7.29. The van der Waals surface area contributed by atoms with Crippen molar-refractivity contribution in [3.63, 3.8) is 0 Å². The minimum Gasteiger partial charge on any atom is -0.358 e. The molecule has 0 saturated heterocycles. The number of likely N-dealkylation sites (N-methyl/N-ethyl adjacent to an activating group) is 1. The normalized spacial score (nSPS) is 16.9. The quantitative estimate of drug-likeness (QED) is 0.478. The number of amides is 1. The number of rotatable bonds is 7. The van der Waals surface area contributed by atoms with E-state index in [2.05, 4.69) is 28.7 Å². The summed E-state index contributed by atoms with van der Waals surface area (Å²) in [5, 5.41) is 8.84. The van der Waals surface area contributed by atoms with Crippen LogP contribution in [0.2, 0.25) is 10.0 Å². The van der Waals surface area contributed by atoms with E-state index in [4.69, 9.17) is 28.3 Å². The highest BCUT2D eigenvalue weighted by Crippen LogP contribution is 2.41. The molecular weight excluding hydrogens is 455 g/mol. The Hall–Kier alpha value is -2.34. The van der Waals surface area contributed by atoms with Crippen molar-refractivity contribution in [3.05, 3.63) is 86.7 Å². The summed E-state index contributed by atoms with van der Waals surface area (Å²) in [6.45, 7) is 5.84.